The number of benzene rings is 1. The fourth-order valence-electron chi connectivity index (χ4n) is 1.63. The number of non-ortho nitro benzene ring substituents is 1. The van der Waals surface area contributed by atoms with Crippen LogP contribution in [0.1, 0.15) is 5.56 Å². The molecule has 0 atom stereocenters. The number of nitrogens with zero attached hydrogens (tertiary/aromatic N) is 5. The van der Waals surface area contributed by atoms with Gasteiger partial charge in [-0.05, 0) is 0 Å². The molecule has 1 aromatic carbocycles. The van der Waals surface area contributed by atoms with E-state index in [1.54, 1.807) is 23.5 Å². The van der Waals surface area contributed by atoms with Gasteiger partial charge in [-0.25, -0.2) is 0 Å². The summed E-state index contributed by atoms with van der Waals surface area (Å²) in [6, 6.07) is 6.38. The van der Waals surface area contributed by atoms with Crippen molar-refractivity contribution in [2.24, 2.45) is 14.5 Å². The molecule has 0 aromatic heterocycles. The van der Waals surface area contributed by atoms with Crippen LogP contribution in [0.5, 0.6) is 0 Å². The van der Waals surface area contributed by atoms with Crippen LogP contribution in [0.15, 0.2) is 38.8 Å². The van der Waals surface area contributed by atoms with Gasteiger partial charge in [0.1, 0.15) is 6.34 Å². The molecule has 0 radical (unpaired) electrons. The van der Waals surface area contributed by atoms with E-state index in [1.807, 2.05) is 0 Å². The molecular formula is C10H7N5O2S. The van der Waals surface area contributed by atoms with Crippen LogP contribution >= 0.6 is 11.9 Å². The van der Waals surface area contributed by atoms with Gasteiger partial charge in [0.25, 0.3) is 5.69 Å². The smallest absolute Gasteiger partial charge is 0.258 e. The van der Waals surface area contributed by atoms with Gasteiger partial charge in [-0.2, -0.15) is 14.5 Å². The molecule has 90 valence electrons. The Morgan fingerprint density at radius 1 is 1.44 bits per heavy atom. The minimum Gasteiger partial charge on any atom is -0.258 e. The zero-order valence-corrected chi connectivity index (χ0v) is 9.87. The van der Waals surface area contributed by atoms with Crippen molar-refractivity contribution in [3.8, 4) is 0 Å². The molecule has 8 heteroatoms. The maximum absolute atomic E-state index is 10.7. The van der Waals surface area contributed by atoms with Crippen LogP contribution in [-0.4, -0.2) is 33.7 Å². The molecule has 18 heavy (non-hydrogen) atoms. The highest BCUT2D eigenvalue weighted by molar-refractivity contribution is 8.13. The van der Waals surface area contributed by atoms with Crippen molar-refractivity contribution < 1.29 is 4.92 Å². The molecule has 0 saturated heterocycles. The number of rotatable bonds is 2. The summed E-state index contributed by atoms with van der Waals surface area (Å²) < 4.78 is 3.97. The summed E-state index contributed by atoms with van der Waals surface area (Å²) in [6.07, 6.45) is 1.57. The molecule has 0 N–H and O–H groups in total. The third kappa shape index (κ3) is 1.86. The molecule has 0 amide bonds. The molecule has 2 aliphatic heterocycles. The lowest BCUT2D eigenvalue weighted by atomic mass is 10.1. The lowest BCUT2D eigenvalue weighted by molar-refractivity contribution is -0.384. The van der Waals surface area contributed by atoms with Crippen LogP contribution in [0.25, 0.3) is 0 Å². The zero-order chi connectivity index (χ0) is 12.5. The number of hydrazone groups is 1. The second-order valence-electron chi connectivity index (χ2n) is 3.61. The summed E-state index contributed by atoms with van der Waals surface area (Å²) in [4.78, 5) is 14.6. The van der Waals surface area contributed by atoms with E-state index in [0.717, 1.165) is 5.17 Å². The number of nitro groups is 1. The van der Waals surface area contributed by atoms with Crippen molar-refractivity contribution in [1.82, 2.24) is 5.01 Å². The van der Waals surface area contributed by atoms with Crippen molar-refractivity contribution in [2.75, 3.05) is 6.54 Å². The first kappa shape index (κ1) is 10.9. The van der Waals surface area contributed by atoms with E-state index in [1.165, 1.54) is 24.1 Å². The number of hydrogen-bond donors (Lipinski definition) is 0. The third-order valence-corrected chi connectivity index (χ3v) is 3.15. The molecule has 2 aliphatic rings. The predicted octanol–water partition coefficient (Wildman–Crippen LogP) is 1.66. The summed E-state index contributed by atoms with van der Waals surface area (Å²) in [5, 5.41) is 17.4. The summed E-state index contributed by atoms with van der Waals surface area (Å²) >= 11 is 1.26. The van der Waals surface area contributed by atoms with Crippen LogP contribution in [0.3, 0.4) is 0 Å². The van der Waals surface area contributed by atoms with E-state index in [2.05, 4.69) is 14.5 Å². The van der Waals surface area contributed by atoms with Gasteiger partial charge < -0.3 is 0 Å². The molecule has 0 aliphatic carbocycles. The maximum Gasteiger partial charge on any atom is 0.270 e. The van der Waals surface area contributed by atoms with E-state index in [-0.39, 0.29) is 5.69 Å². The number of hydrogen-bond acceptors (Lipinski definition) is 7. The highest BCUT2D eigenvalue weighted by Crippen LogP contribution is 2.21. The van der Waals surface area contributed by atoms with Crippen molar-refractivity contribution in [3.05, 3.63) is 39.9 Å². The van der Waals surface area contributed by atoms with Gasteiger partial charge in [0, 0.05) is 17.7 Å². The monoisotopic (exact) mass is 261 g/mol. The van der Waals surface area contributed by atoms with E-state index < -0.39 is 4.92 Å². The second-order valence-corrected chi connectivity index (χ2v) is 4.37. The maximum atomic E-state index is 10.7. The summed E-state index contributed by atoms with van der Waals surface area (Å²) in [5.74, 6) is 0. The van der Waals surface area contributed by atoms with Crippen molar-refractivity contribution in [1.29, 1.82) is 0 Å². The lowest BCUT2D eigenvalue weighted by Crippen LogP contribution is -2.26. The largest absolute Gasteiger partial charge is 0.270 e. The first-order valence-electron chi connectivity index (χ1n) is 5.10. The van der Waals surface area contributed by atoms with E-state index in [0.29, 0.717) is 17.8 Å². The van der Waals surface area contributed by atoms with Crippen molar-refractivity contribution in [2.45, 2.75) is 0 Å². The molecule has 7 nitrogen and oxygen atoms in total. The Balaban J connectivity index is 1.94. The Labute approximate surface area is 106 Å². The molecule has 0 spiro atoms. The molecule has 2 heterocycles. The summed E-state index contributed by atoms with van der Waals surface area (Å²) in [7, 11) is 0. The average molecular weight is 261 g/mol. The molecule has 0 unspecified atom stereocenters. The molecule has 0 saturated carbocycles. The van der Waals surface area contributed by atoms with Gasteiger partial charge in [0.2, 0.25) is 5.17 Å². The number of amidine groups is 1. The topological polar surface area (TPSA) is 83.5 Å². The predicted molar refractivity (Wildman–Crippen MR) is 69.9 cm³/mol. The van der Waals surface area contributed by atoms with E-state index in [9.17, 15) is 10.1 Å². The highest BCUT2D eigenvalue weighted by Gasteiger charge is 2.21. The van der Waals surface area contributed by atoms with Gasteiger partial charge in [-0.15, -0.1) is 0 Å². The van der Waals surface area contributed by atoms with Crippen molar-refractivity contribution >= 4 is 34.9 Å². The SMILES string of the molecule is O=[N+]([O-])c1cccc(C2=NN3C=NSC3=NC2)c1. The van der Waals surface area contributed by atoms with Crippen LogP contribution < -0.4 is 0 Å². The summed E-state index contributed by atoms with van der Waals surface area (Å²) in [6.45, 7) is 0.406. The Morgan fingerprint density at radius 3 is 3.17 bits per heavy atom. The Hall–Kier alpha value is -2.22. The molecule has 1 aromatic rings. The zero-order valence-electron chi connectivity index (χ0n) is 9.05. The van der Waals surface area contributed by atoms with Crippen LogP contribution in [0.2, 0.25) is 0 Å². The van der Waals surface area contributed by atoms with Crippen molar-refractivity contribution in [3.63, 3.8) is 0 Å². The van der Waals surface area contributed by atoms with Crippen LogP contribution in [0, 0.1) is 10.1 Å². The number of nitro benzene ring substituents is 1. The van der Waals surface area contributed by atoms with Gasteiger partial charge >= 0.3 is 0 Å². The first-order valence-corrected chi connectivity index (χ1v) is 5.88. The van der Waals surface area contributed by atoms with Crippen LogP contribution in [-0.2, 0) is 0 Å². The summed E-state index contributed by atoms with van der Waals surface area (Å²) in [5.41, 5.74) is 1.45. The normalized spacial score (nSPS) is 17.2. The van der Waals surface area contributed by atoms with Crippen LogP contribution in [0.4, 0.5) is 5.69 Å². The Morgan fingerprint density at radius 2 is 2.33 bits per heavy atom. The fourth-order valence-corrected chi connectivity index (χ4v) is 2.15. The quantitative estimate of drug-likeness (QED) is 0.460. The minimum atomic E-state index is -0.422. The molecule has 0 fully saturated rings. The Bertz CT molecular complexity index is 610. The second kappa shape index (κ2) is 4.22. The van der Waals surface area contributed by atoms with Gasteiger partial charge in [0.05, 0.1) is 29.1 Å². The standard InChI is InChI=1S/C10H7N5O2S/c16-15(17)8-3-1-2-7(4-8)9-5-11-10-14(13-9)6-12-18-10/h1-4,6H,5H2. The number of fused-ring (bicyclic) bond motifs is 1. The van der Waals surface area contributed by atoms with Gasteiger partial charge in [-0.1, -0.05) is 12.1 Å². The first-order chi connectivity index (χ1) is 8.74. The molecule has 3 rings (SSSR count). The van der Waals surface area contributed by atoms with E-state index in [4.69, 9.17) is 0 Å². The number of aliphatic imine (C=N–C) groups is 1. The molecule has 0 bridgehead atoms. The van der Waals surface area contributed by atoms with Gasteiger partial charge in [0.15, 0.2) is 0 Å². The Kier molecular flexibility index (Phi) is 2.56. The fraction of sp³-hybridized carbons (Fsp3) is 0.100. The minimum absolute atomic E-state index is 0.0504. The third-order valence-electron chi connectivity index (χ3n) is 2.47. The molecular weight excluding hydrogens is 254 g/mol. The highest BCUT2D eigenvalue weighted by atomic mass is 32.2. The lowest BCUT2D eigenvalue weighted by Gasteiger charge is -2.15. The van der Waals surface area contributed by atoms with E-state index >= 15 is 0 Å². The average Bonchev–Trinajstić information content (AvgIpc) is 2.86. The van der Waals surface area contributed by atoms with Gasteiger partial charge in [-0.3, -0.25) is 15.1 Å².